The van der Waals surface area contributed by atoms with Gasteiger partial charge in [0.15, 0.2) is 6.61 Å². The summed E-state index contributed by atoms with van der Waals surface area (Å²) in [6.07, 6.45) is 7.62. The number of ether oxygens (including phenoxy) is 1. The van der Waals surface area contributed by atoms with E-state index in [1.807, 2.05) is 92.7 Å². The van der Waals surface area contributed by atoms with Crippen LogP contribution in [0, 0.1) is 6.92 Å². The normalized spacial score (nSPS) is 11.8. The molecule has 25 heavy (non-hydrogen) atoms. The Morgan fingerprint density at radius 2 is 1.80 bits per heavy atom. The van der Waals surface area contributed by atoms with Gasteiger partial charge in [-0.15, -0.1) is 0 Å². The number of para-hydroxylation sites is 1. The summed E-state index contributed by atoms with van der Waals surface area (Å²) in [6, 6.07) is 17.6. The molecule has 0 aliphatic rings. The Bertz CT molecular complexity index is 777. The van der Waals surface area contributed by atoms with Gasteiger partial charge >= 0.3 is 0 Å². The van der Waals surface area contributed by atoms with Crippen molar-refractivity contribution in [2.75, 3.05) is 6.61 Å². The van der Waals surface area contributed by atoms with Gasteiger partial charge in [0.2, 0.25) is 0 Å². The van der Waals surface area contributed by atoms with Crippen molar-refractivity contribution in [1.82, 2.24) is 5.43 Å². The highest BCUT2D eigenvalue weighted by atomic mass is 16.5. The quantitative estimate of drug-likeness (QED) is 0.470. The second-order valence-corrected chi connectivity index (χ2v) is 5.47. The number of rotatable bonds is 7. The minimum absolute atomic E-state index is 0.0702. The van der Waals surface area contributed by atoms with Gasteiger partial charge in [0.05, 0.1) is 5.71 Å². The van der Waals surface area contributed by atoms with E-state index in [0.29, 0.717) is 11.5 Å². The first-order valence-corrected chi connectivity index (χ1v) is 8.06. The van der Waals surface area contributed by atoms with Crippen molar-refractivity contribution in [1.29, 1.82) is 0 Å². The molecular formula is C21H22N2O2. The molecule has 1 N–H and O–H groups in total. The average Bonchev–Trinajstić information content (AvgIpc) is 2.64. The fourth-order valence-corrected chi connectivity index (χ4v) is 2.01. The highest BCUT2D eigenvalue weighted by molar-refractivity contribution is 5.94. The smallest absolute Gasteiger partial charge is 0.277 e. The van der Waals surface area contributed by atoms with Gasteiger partial charge in [-0.25, -0.2) is 5.43 Å². The van der Waals surface area contributed by atoms with Crippen LogP contribution in [0.3, 0.4) is 0 Å². The molecule has 0 aromatic heterocycles. The summed E-state index contributed by atoms with van der Waals surface area (Å²) in [5.74, 6) is 0.403. The van der Waals surface area contributed by atoms with Crippen LogP contribution in [0.1, 0.15) is 18.1 Å². The molecule has 0 aliphatic heterocycles. The van der Waals surface area contributed by atoms with Crippen LogP contribution in [0.2, 0.25) is 0 Å². The van der Waals surface area contributed by atoms with Crippen molar-refractivity contribution in [2.45, 2.75) is 13.8 Å². The molecule has 0 spiro atoms. The van der Waals surface area contributed by atoms with Crippen molar-refractivity contribution in [3.8, 4) is 5.75 Å². The Hall–Kier alpha value is -3.14. The molecule has 0 saturated carbocycles. The molecule has 0 radical (unpaired) electrons. The number of benzene rings is 2. The number of aryl methyl sites for hydroxylation is 1. The second kappa shape index (κ2) is 9.88. The topological polar surface area (TPSA) is 50.7 Å². The highest BCUT2D eigenvalue weighted by Crippen LogP contribution is 2.15. The van der Waals surface area contributed by atoms with Crippen LogP contribution in [0.25, 0.3) is 6.08 Å². The van der Waals surface area contributed by atoms with Gasteiger partial charge in [-0.2, -0.15) is 5.10 Å². The van der Waals surface area contributed by atoms with Crippen LogP contribution in [0.15, 0.2) is 77.9 Å². The average molecular weight is 334 g/mol. The summed E-state index contributed by atoms with van der Waals surface area (Å²) in [5, 5.41) is 4.02. The Balaban J connectivity index is 1.76. The fraction of sp³-hybridized carbons (Fsp3) is 0.143. The molecule has 0 saturated heterocycles. The monoisotopic (exact) mass is 334 g/mol. The van der Waals surface area contributed by atoms with Crippen LogP contribution >= 0.6 is 0 Å². The van der Waals surface area contributed by atoms with Crippen molar-refractivity contribution in [3.05, 3.63) is 84.0 Å². The number of allylic oxidation sites excluding steroid dienone is 3. The van der Waals surface area contributed by atoms with Gasteiger partial charge < -0.3 is 4.74 Å². The van der Waals surface area contributed by atoms with Gasteiger partial charge in [0.25, 0.3) is 5.91 Å². The molecule has 128 valence electrons. The number of hydrogen-bond donors (Lipinski definition) is 1. The second-order valence-electron chi connectivity index (χ2n) is 5.47. The number of nitrogens with one attached hydrogen (secondary N) is 1. The first-order valence-electron chi connectivity index (χ1n) is 8.06. The Morgan fingerprint density at radius 1 is 1.08 bits per heavy atom. The lowest BCUT2D eigenvalue weighted by Gasteiger charge is -2.07. The van der Waals surface area contributed by atoms with Gasteiger partial charge in [-0.3, -0.25) is 4.79 Å². The Labute approximate surface area is 148 Å². The highest BCUT2D eigenvalue weighted by Gasteiger charge is 2.03. The van der Waals surface area contributed by atoms with E-state index in [0.717, 1.165) is 11.1 Å². The van der Waals surface area contributed by atoms with Crippen LogP contribution in [-0.4, -0.2) is 18.2 Å². The molecule has 1 amide bonds. The summed E-state index contributed by atoms with van der Waals surface area (Å²) < 4.78 is 5.47. The van der Waals surface area contributed by atoms with Gasteiger partial charge in [0, 0.05) is 0 Å². The number of amides is 1. The van der Waals surface area contributed by atoms with Gasteiger partial charge in [-0.05, 0) is 37.1 Å². The molecule has 2 aromatic carbocycles. The standard InChI is InChI=1S/C21H22N2O2/c1-17-10-6-9-15-20(17)25-16-21(24)23-22-18(2)11-7-8-14-19-12-4-3-5-13-19/h3-15H,16H2,1-2H3,(H,23,24)/b11-7+,14-8+,22-18+. The van der Waals surface area contributed by atoms with Crippen molar-refractivity contribution in [3.63, 3.8) is 0 Å². The van der Waals surface area contributed by atoms with E-state index in [9.17, 15) is 4.79 Å². The van der Waals surface area contributed by atoms with E-state index in [1.54, 1.807) is 0 Å². The zero-order chi connectivity index (χ0) is 17.9. The number of hydrogen-bond acceptors (Lipinski definition) is 3. The number of carbonyl (C=O) groups excluding carboxylic acids is 1. The molecule has 2 aromatic rings. The number of nitrogens with zero attached hydrogens (tertiary/aromatic N) is 1. The lowest BCUT2D eigenvalue weighted by molar-refractivity contribution is -0.123. The summed E-state index contributed by atoms with van der Waals surface area (Å²) in [4.78, 5) is 11.8. The molecule has 0 heterocycles. The summed E-state index contributed by atoms with van der Waals surface area (Å²) in [5.41, 5.74) is 5.29. The van der Waals surface area contributed by atoms with Crippen molar-refractivity contribution in [2.24, 2.45) is 5.10 Å². The van der Waals surface area contributed by atoms with E-state index in [2.05, 4.69) is 10.5 Å². The third-order valence-electron chi connectivity index (χ3n) is 3.35. The SMILES string of the molecule is CC(/C=C/C=C/c1ccccc1)=N\NC(=O)COc1ccccc1C. The van der Waals surface area contributed by atoms with E-state index in [4.69, 9.17) is 4.74 Å². The molecule has 2 rings (SSSR count). The van der Waals surface area contributed by atoms with Gasteiger partial charge in [-0.1, -0.05) is 66.8 Å². The van der Waals surface area contributed by atoms with Crippen molar-refractivity contribution < 1.29 is 9.53 Å². The zero-order valence-electron chi connectivity index (χ0n) is 14.5. The van der Waals surface area contributed by atoms with E-state index >= 15 is 0 Å². The van der Waals surface area contributed by atoms with Gasteiger partial charge in [0.1, 0.15) is 5.75 Å². The Morgan fingerprint density at radius 3 is 2.56 bits per heavy atom. The lowest BCUT2D eigenvalue weighted by Crippen LogP contribution is -2.25. The number of carbonyl (C=O) groups is 1. The molecule has 0 atom stereocenters. The maximum Gasteiger partial charge on any atom is 0.277 e. The fourth-order valence-electron chi connectivity index (χ4n) is 2.01. The maximum atomic E-state index is 11.8. The molecule has 4 heteroatoms. The summed E-state index contributed by atoms with van der Waals surface area (Å²) in [7, 11) is 0. The lowest BCUT2D eigenvalue weighted by atomic mass is 10.2. The molecule has 0 fully saturated rings. The maximum absolute atomic E-state index is 11.8. The first kappa shape index (κ1) is 18.2. The molecular weight excluding hydrogens is 312 g/mol. The number of hydrazone groups is 1. The predicted molar refractivity (Wildman–Crippen MR) is 103 cm³/mol. The minimum atomic E-state index is -0.296. The summed E-state index contributed by atoms with van der Waals surface area (Å²) >= 11 is 0. The third kappa shape index (κ3) is 6.87. The summed E-state index contributed by atoms with van der Waals surface area (Å²) in [6.45, 7) is 3.68. The van der Waals surface area contributed by atoms with Crippen LogP contribution in [0.4, 0.5) is 0 Å². The Kier molecular flexibility index (Phi) is 7.19. The third-order valence-corrected chi connectivity index (χ3v) is 3.35. The van der Waals surface area contributed by atoms with E-state index in [1.165, 1.54) is 0 Å². The van der Waals surface area contributed by atoms with E-state index in [-0.39, 0.29) is 12.5 Å². The molecule has 0 aliphatic carbocycles. The first-order chi connectivity index (χ1) is 12.1. The predicted octanol–water partition coefficient (Wildman–Crippen LogP) is 4.14. The minimum Gasteiger partial charge on any atom is -0.483 e. The van der Waals surface area contributed by atoms with E-state index < -0.39 is 0 Å². The molecule has 4 nitrogen and oxygen atoms in total. The molecule has 0 bridgehead atoms. The van der Waals surface area contributed by atoms with Crippen LogP contribution in [-0.2, 0) is 4.79 Å². The van der Waals surface area contributed by atoms with Crippen molar-refractivity contribution >= 4 is 17.7 Å². The zero-order valence-corrected chi connectivity index (χ0v) is 14.5. The molecule has 0 unspecified atom stereocenters. The van der Waals surface area contributed by atoms with Crippen LogP contribution < -0.4 is 10.2 Å². The largest absolute Gasteiger partial charge is 0.483 e. The van der Waals surface area contributed by atoms with Crippen LogP contribution in [0.5, 0.6) is 5.75 Å².